The van der Waals surface area contributed by atoms with Crippen molar-refractivity contribution >= 4 is 15.8 Å². The van der Waals surface area contributed by atoms with E-state index in [1.165, 1.54) is 18.2 Å². The van der Waals surface area contributed by atoms with Gasteiger partial charge in [-0.15, -0.1) is 0 Å². The molecule has 1 aromatic carbocycles. The van der Waals surface area contributed by atoms with Crippen LogP contribution in [0, 0.1) is 5.95 Å². The Hall–Kier alpha value is -1.99. The molecule has 0 saturated carbocycles. The summed E-state index contributed by atoms with van der Waals surface area (Å²) in [6.07, 6.45) is 0. The zero-order valence-corrected chi connectivity index (χ0v) is 10.7. The molecular formula is C12H12FN3O2S. The maximum Gasteiger partial charge on any atom is 0.238 e. The second-order valence-electron chi connectivity index (χ2n) is 3.89. The van der Waals surface area contributed by atoms with Crippen molar-refractivity contribution in [2.45, 2.75) is 11.4 Å². The van der Waals surface area contributed by atoms with Gasteiger partial charge in [0.25, 0.3) is 0 Å². The van der Waals surface area contributed by atoms with Gasteiger partial charge in [0, 0.05) is 6.54 Å². The molecule has 0 saturated heterocycles. The van der Waals surface area contributed by atoms with E-state index in [4.69, 9.17) is 5.14 Å². The summed E-state index contributed by atoms with van der Waals surface area (Å²) in [5, 5.41) is 7.92. The van der Waals surface area contributed by atoms with Crippen molar-refractivity contribution < 1.29 is 12.8 Å². The van der Waals surface area contributed by atoms with Gasteiger partial charge in [0.05, 0.1) is 4.90 Å². The van der Waals surface area contributed by atoms with Gasteiger partial charge in [-0.1, -0.05) is 18.2 Å². The van der Waals surface area contributed by atoms with Crippen LogP contribution < -0.4 is 10.5 Å². The van der Waals surface area contributed by atoms with E-state index in [1.807, 2.05) is 0 Å². The predicted octanol–water partition coefficient (Wildman–Crippen LogP) is 1.48. The number of sulfonamides is 1. The number of hydrogen-bond donors (Lipinski definition) is 2. The highest BCUT2D eigenvalue weighted by atomic mass is 32.2. The lowest BCUT2D eigenvalue weighted by Gasteiger charge is -2.06. The maximum absolute atomic E-state index is 12.8. The fourth-order valence-electron chi connectivity index (χ4n) is 1.50. The molecule has 100 valence electrons. The minimum Gasteiger partial charge on any atom is -0.366 e. The summed E-state index contributed by atoms with van der Waals surface area (Å²) in [5.41, 5.74) is 0.832. The van der Waals surface area contributed by atoms with Gasteiger partial charge in [-0.2, -0.15) is 4.39 Å². The summed E-state index contributed by atoms with van der Waals surface area (Å²) in [5.74, 6) is -0.148. The molecule has 19 heavy (non-hydrogen) atoms. The monoisotopic (exact) mass is 281 g/mol. The van der Waals surface area contributed by atoms with Gasteiger partial charge in [-0.05, 0) is 29.8 Å². The van der Waals surface area contributed by atoms with Crippen molar-refractivity contribution in [2.24, 2.45) is 5.14 Å². The highest BCUT2D eigenvalue weighted by Gasteiger charge is 2.06. The second kappa shape index (κ2) is 5.33. The Balaban J connectivity index is 2.05. The first-order chi connectivity index (χ1) is 8.95. The van der Waals surface area contributed by atoms with Gasteiger partial charge in [0.1, 0.15) is 5.82 Å². The predicted molar refractivity (Wildman–Crippen MR) is 69.3 cm³/mol. The number of halogens is 1. The number of hydrogen-bond acceptors (Lipinski definition) is 4. The molecule has 5 nitrogen and oxygen atoms in total. The molecule has 0 fully saturated rings. The molecule has 7 heteroatoms. The molecule has 2 aromatic rings. The van der Waals surface area contributed by atoms with Crippen LogP contribution in [-0.4, -0.2) is 13.4 Å². The molecule has 0 atom stereocenters. The summed E-state index contributed by atoms with van der Waals surface area (Å²) < 4.78 is 35.0. The normalized spacial score (nSPS) is 11.3. The van der Waals surface area contributed by atoms with Crippen LogP contribution in [-0.2, 0) is 16.6 Å². The van der Waals surface area contributed by atoms with Crippen molar-refractivity contribution in [1.82, 2.24) is 4.98 Å². The first kappa shape index (κ1) is 13.4. The van der Waals surface area contributed by atoms with Crippen LogP contribution in [0.5, 0.6) is 0 Å². The van der Waals surface area contributed by atoms with Crippen LogP contribution in [0.4, 0.5) is 10.2 Å². The van der Waals surface area contributed by atoms with Crippen LogP contribution >= 0.6 is 0 Å². The molecular weight excluding hydrogens is 269 g/mol. The van der Waals surface area contributed by atoms with Crippen molar-refractivity contribution in [3.63, 3.8) is 0 Å². The average molecular weight is 281 g/mol. The zero-order valence-electron chi connectivity index (χ0n) is 9.88. The average Bonchev–Trinajstić information content (AvgIpc) is 2.36. The topological polar surface area (TPSA) is 85.1 Å². The second-order valence-corrected chi connectivity index (χ2v) is 5.45. The third kappa shape index (κ3) is 3.73. The third-order valence-electron chi connectivity index (χ3n) is 2.44. The largest absolute Gasteiger partial charge is 0.366 e. The Morgan fingerprint density at radius 1 is 1.16 bits per heavy atom. The molecule has 0 bridgehead atoms. The lowest BCUT2D eigenvalue weighted by atomic mass is 10.2. The fraction of sp³-hybridized carbons (Fsp3) is 0.0833. The zero-order chi connectivity index (χ0) is 13.9. The number of nitrogens with one attached hydrogen (secondary N) is 1. The Labute approximate surface area is 110 Å². The molecule has 2 rings (SSSR count). The number of primary sulfonamides is 1. The summed E-state index contributed by atoms with van der Waals surface area (Å²) in [4.78, 5) is 3.71. The van der Waals surface area contributed by atoms with E-state index >= 15 is 0 Å². The quantitative estimate of drug-likeness (QED) is 0.831. The lowest BCUT2D eigenvalue weighted by Crippen LogP contribution is -2.12. The van der Waals surface area contributed by atoms with Crippen LogP contribution in [0.3, 0.4) is 0 Å². The summed E-state index contributed by atoms with van der Waals surface area (Å²) >= 11 is 0. The van der Waals surface area contributed by atoms with E-state index in [9.17, 15) is 12.8 Å². The van der Waals surface area contributed by atoms with Gasteiger partial charge in [0.15, 0.2) is 0 Å². The number of anilines is 1. The lowest BCUT2D eigenvalue weighted by molar-refractivity contribution is 0.585. The molecule has 0 aliphatic rings. The minimum absolute atomic E-state index is 0.0557. The van der Waals surface area contributed by atoms with Gasteiger partial charge in [-0.3, -0.25) is 0 Å². The van der Waals surface area contributed by atoms with Gasteiger partial charge < -0.3 is 5.32 Å². The maximum atomic E-state index is 12.8. The van der Waals surface area contributed by atoms with Crippen LogP contribution in [0.25, 0.3) is 0 Å². The number of rotatable bonds is 4. The van der Waals surface area contributed by atoms with E-state index in [-0.39, 0.29) is 4.90 Å². The van der Waals surface area contributed by atoms with Gasteiger partial charge in [0.2, 0.25) is 16.0 Å². The molecule has 0 amide bonds. The van der Waals surface area contributed by atoms with E-state index in [0.717, 1.165) is 5.56 Å². The summed E-state index contributed by atoms with van der Waals surface area (Å²) in [7, 11) is -3.67. The smallest absolute Gasteiger partial charge is 0.238 e. The Morgan fingerprint density at radius 2 is 1.84 bits per heavy atom. The highest BCUT2D eigenvalue weighted by Crippen LogP contribution is 2.11. The summed E-state index contributed by atoms with van der Waals surface area (Å²) in [6, 6.07) is 10.6. The first-order valence-corrected chi connectivity index (χ1v) is 6.98. The molecule has 1 heterocycles. The minimum atomic E-state index is -3.67. The van der Waals surface area contributed by atoms with Crippen molar-refractivity contribution in [2.75, 3.05) is 5.32 Å². The van der Waals surface area contributed by atoms with Crippen LogP contribution in [0.15, 0.2) is 47.4 Å². The van der Waals surface area contributed by atoms with E-state index in [1.54, 1.807) is 24.3 Å². The van der Waals surface area contributed by atoms with Crippen molar-refractivity contribution in [3.8, 4) is 0 Å². The van der Waals surface area contributed by atoms with Gasteiger partial charge in [-0.25, -0.2) is 18.5 Å². The number of nitrogens with two attached hydrogens (primary N) is 1. The molecule has 0 aliphatic carbocycles. The number of aromatic nitrogens is 1. The standard InChI is InChI=1S/C12H12FN3O2S/c13-11-2-1-3-12(16-11)15-8-9-4-6-10(7-5-9)19(14,17)18/h1-7H,8H2,(H,15,16)(H2,14,17,18). The van der Waals surface area contributed by atoms with Crippen molar-refractivity contribution in [3.05, 3.63) is 54.0 Å². The van der Waals surface area contributed by atoms with Gasteiger partial charge >= 0.3 is 0 Å². The highest BCUT2D eigenvalue weighted by molar-refractivity contribution is 7.89. The number of pyridine rings is 1. The molecule has 0 radical (unpaired) electrons. The third-order valence-corrected chi connectivity index (χ3v) is 3.37. The van der Waals surface area contributed by atoms with Crippen molar-refractivity contribution in [1.29, 1.82) is 0 Å². The number of nitrogens with zero attached hydrogens (tertiary/aromatic N) is 1. The molecule has 3 N–H and O–H groups in total. The molecule has 0 aliphatic heterocycles. The number of benzene rings is 1. The van der Waals surface area contributed by atoms with E-state index in [0.29, 0.717) is 12.4 Å². The Bertz CT molecular complexity index is 672. The Kier molecular flexibility index (Phi) is 3.77. The van der Waals surface area contributed by atoms with Crippen LogP contribution in [0.2, 0.25) is 0 Å². The fourth-order valence-corrected chi connectivity index (χ4v) is 2.01. The first-order valence-electron chi connectivity index (χ1n) is 5.43. The SMILES string of the molecule is NS(=O)(=O)c1ccc(CNc2cccc(F)n2)cc1. The molecule has 1 aromatic heterocycles. The van der Waals surface area contributed by atoms with E-state index < -0.39 is 16.0 Å². The Morgan fingerprint density at radius 3 is 2.42 bits per heavy atom. The van der Waals surface area contributed by atoms with Crippen LogP contribution in [0.1, 0.15) is 5.56 Å². The van der Waals surface area contributed by atoms with E-state index in [2.05, 4.69) is 10.3 Å². The summed E-state index contributed by atoms with van der Waals surface area (Å²) in [6.45, 7) is 0.404. The molecule has 0 spiro atoms. The molecule has 0 unspecified atom stereocenters.